The summed E-state index contributed by atoms with van der Waals surface area (Å²) in [6, 6.07) is -0.803. The van der Waals surface area contributed by atoms with Crippen LogP contribution < -0.4 is 10.2 Å². The van der Waals surface area contributed by atoms with Gasteiger partial charge < -0.3 is 28.8 Å². The summed E-state index contributed by atoms with van der Waals surface area (Å²) in [5.74, 6) is -0.171. The summed E-state index contributed by atoms with van der Waals surface area (Å²) in [6.07, 6.45) is 51.8. The molecule has 0 bridgehead atoms. The third kappa shape index (κ3) is 45.0. The number of amides is 1. The lowest BCUT2D eigenvalue weighted by atomic mass is 10.0. The van der Waals surface area contributed by atoms with Crippen LogP contribution in [0.15, 0.2) is 24.3 Å². The molecule has 0 aliphatic carbocycles. The standard InChI is InChI=1S/C51H101N2O6P/c1-6-8-10-12-14-16-18-20-22-24-25-26-27-29-30-32-34-36-38-40-42-44-50(54)49(48-59-60(56,57)58-47-46-53(3,4)5)52-51(55)45-43-41-39-37-35-33-31-28-23-21-19-17-15-13-11-9-7-2/h15,17,21,23,49-50,54H,6-14,16,18-20,22,24-48H2,1-5H3,(H-,52,55,56,57)/b17-15-,23-21-. The van der Waals surface area contributed by atoms with Gasteiger partial charge in [0, 0.05) is 6.42 Å². The molecule has 0 aliphatic rings. The van der Waals surface area contributed by atoms with Crippen LogP contribution in [0.5, 0.6) is 0 Å². The van der Waals surface area contributed by atoms with E-state index in [2.05, 4.69) is 43.5 Å². The van der Waals surface area contributed by atoms with E-state index in [0.29, 0.717) is 23.9 Å². The Hall–Kier alpha value is -1.02. The highest BCUT2D eigenvalue weighted by Gasteiger charge is 2.24. The van der Waals surface area contributed by atoms with Gasteiger partial charge in [-0.1, -0.05) is 218 Å². The molecule has 0 aromatic carbocycles. The lowest BCUT2D eigenvalue weighted by molar-refractivity contribution is -0.870. The minimum atomic E-state index is -4.57. The molecule has 1 amide bonds. The lowest BCUT2D eigenvalue weighted by Crippen LogP contribution is -2.46. The number of hydrogen-bond donors (Lipinski definition) is 2. The van der Waals surface area contributed by atoms with Gasteiger partial charge in [0.15, 0.2) is 0 Å². The molecule has 0 radical (unpaired) electrons. The van der Waals surface area contributed by atoms with Crippen LogP contribution >= 0.6 is 7.82 Å². The number of unbranched alkanes of at least 4 members (excludes halogenated alkanes) is 30. The van der Waals surface area contributed by atoms with E-state index in [1.807, 2.05) is 21.1 Å². The van der Waals surface area contributed by atoms with Gasteiger partial charge in [-0.15, -0.1) is 0 Å². The summed E-state index contributed by atoms with van der Waals surface area (Å²) < 4.78 is 23.4. The van der Waals surface area contributed by atoms with Crippen LogP contribution in [0.25, 0.3) is 0 Å². The number of nitrogens with one attached hydrogen (secondary N) is 1. The monoisotopic (exact) mass is 869 g/mol. The lowest BCUT2D eigenvalue weighted by Gasteiger charge is -2.30. The van der Waals surface area contributed by atoms with Gasteiger partial charge >= 0.3 is 0 Å². The zero-order valence-electron chi connectivity index (χ0n) is 40.4. The molecule has 0 aromatic heterocycles. The fraction of sp³-hybridized carbons (Fsp3) is 0.902. The molecule has 0 spiro atoms. The second-order valence-electron chi connectivity index (χ2n) is 18.9. The molecule has 0 aliphatic heterocycles. The van der Waals surface area contributed by atoms with Crippen molar-refractivity contribution < 1.29 is 32.9 Å². The molecule has 3 atom stereocenters. The summed E-state index contributed by atoms with van der Waals surface area (Å²) >= 11 is 0. The number of hydrogen-bond acceptors (Lipinski definition) is 6. The molecule has 356 valence electrons. The SMILES string of the molecule is CCCCC/C=C\C/C=C\CCCCCCCCCC(=O)NC(COP(=O)([O-])OCC[N+](C)(C)C)C(O)CCCCCCCCCCCCCCCCCCCCCCC. The maximum atomic E-state index is 12.9. The number of aliphatic hydroxyl groups is 1. The molecule has 9 heteroatoms. The minimum Gasteiger partial charge on any atom is -0.756 e. The van der Waals surface area contributed by atoms with Crippen LogP contribution in [0.1, 0.15) is 245 Å². The Labute approximate surface area is 373 Å². The number of quaternary nitrogens is 1. The van der Waals surface area contributed by atoms with Gasteiger partial charge in [0.1, 0.15) is 13.2 Å². The first kappa shape index (κ1) is 59.0. The summed E-state index contributed by atoms with van der Waals surface area (Å²) in [6.45, 7) is 4.71. The minimum absolute atomic E-state index is 0.0114. The van der Waals surface area contributed by atoms with Crippen molar-refractivity contribution in [2.45, 2.75) is 257 Å². The highest BCUT2D eigenvalue weighted by Crippen LogP contribution is 2.38. The quantitative estimate of drug-likeness (QED) is 0.0273. The van der Waals surface area contributed by atoms with E-state index < -0.39 is 20.0 Å². The normalized spacial score (nSPS) is 14.3. The van der Waals surface area contributed by atoms with Crippen molar-refractivity contribution in [1.82, 2.24) is 5.32 Å². The molecule has 0 fully saturated rings. The number of aliphatic hydroxyl groups excluding tert-OH is 1. The average molecular weight is 869 g/mol. The van der Waals surface area contributed by atoms with E-state index in [4.69, 9.17) is 9.05 Å². The molecule has 0 heterocycles. The molecule has 3 unspecified atom stereocenters. The Balaban J connectivity index is 4.25. The summed E-state index contributed by atoms with van der Waals surface area (Å²) in [7, 11) is 1.30. The number of rotatable bonds is 47. The number of likely N-dealkylation sites (N-methyl/N-ethyl adjacent to an activating group) is 1. The van der Waals surface area contributed by atoms with E-state index in [-0.39, 0.29) is 19.1 Å². The van der Waals surface area contributed by atoms with Gasteiger partial charge in [0.25, 0.3) is 7.82 Å². The van der Waals surface area contributed by atoms with Crippen molar-refractivity contribution in [1.29, 1.82) is 0 Å². The number of nitrogens with zero attached hydrogens (tertiary/aromatic N) is 1. The van der Waals surface area contributed by atoms with Gasteiger partial charge in [0.05, 0.1) is 39.9 Å². The van der Waals surface area contributed by atoms with E-state index in [1.165, 1.54) is 167 Å². The number of carbonyl (C=O) groups is 1. The number of phosphoric ester groups is 1. The maximum absolute atomic E-state index is 12.9. The Morgan fingerprint density at radius 1 is 0.583 bits per heavy atom. The fourth-order valence-corrected chi connectivity index (χ4v) is 8.32. The van der Waals surface area contributed by atoms with Crippen molar-refractivity contribution in [2.75, 3.05) is 40.9 Å². The van der Waals surface area contributed by atoms with Gasteiger partial charge in [-0.05, 0) is 44.9 Å². The molecule has 0 saturated carbocycles. The van der Waals surface area contributed by atoms with E-state index in [1.54, 1.807) is 0 Å². The van der Waals surface area contributed by atoms with E-state index in [0.717, 1.165) is 51.4 Å². The third-order valence-electron chi connectivity index (χ3n) is 11.7. The van der Waals surface area contributed by atoms with Crippen molar-refractivity contribution in [3.63, 3.8) is 0 Å². The molecule has 8 nitrogen and oxygen atoms in total. The molecular formula is C51H101N2O6P. The van der Waals surface area contributed by atoms with E-state index in [9.17, 15) is 19.4 Å². The topological polar surface area (TPSA) is 108 Å². The number of allylic oxidation sites excluding steroid dienone is 4. The second-order valence-corrected chi connectivity index (χ2v) is 20.3. The summed E-state index contributed by atoms with van der Waals surface area (Å²) in [4.78, 5) is 25.4. The van der Waals surface area contributed by atoms with Crippen LogP contribution in [0.3, 0.4) is 0 Å². The first-order valence-electron chi connectivity index (χ1n) is 25.7. The highest BCUT2D eigenvalue weighted by atomic mass is 31.2. The molecular weight excluding hydrogens is 768 g/mol. The van der Waals surface area contributed by atoms with Crippen LogP contribution in [-0.2, 0) is 18.4 Å². The van der Waals surface area contributed by atoms with Crippen LogP contribution in [-0.4, -0.2) is 68.5 Å². The molecule has 0 aromatic rings. The van der Waals surface area contributed by atoms with Crippen molar-refractivity contribution in [3.05, 3.63) is 24.3 Å². The zero-order valence-corrected chi connectivity index (χ0v) is 41.3. The van der Waals surface area contributed by atoms with Crippen LogP contribution in [0.4, 0.5) is 0 Å². The molecule has 0 saturated heterocycles. The van der Waals surface area contributed by atoms with Crippen molar-refractivity contribution in [3.8, 4) is 0 Å². The van der Waals surface area contributed by atoms with Crippen LogP contribution in [0.2, 0.25) is 0 Å². The maximum Gasteiger partial charge on any atom is 0.268 e. The zero-order chi connectivity index (χ0) is 44.3. The van der Waals surface area contributed by atoms with Crippen LogP contribution in [0, 0.1) is 0 Å². The Morgan fingerprint density at radius 2 is 0.967 bits per heavy atom. The fourth-order valence-electron chi connectivity index (χ4n) is 7.60. The highest BCUT2D eigenvalue weighted by molar-refractivity contribution is 7.45. The van der Waals surface area contributed by atoms with Gasteiger partial charge in [-0.2, -0.15) is 0 Å². The smallest absolute Gasteiger partial charge is 0.268 e. The number of phosphoric acid groups is 1. The van der Waals surface area contributed by atoms with E-state index >= 15 is 0 Å². The molecule has 2 N–H and O–H groups in total. The largest absolute Gasteiger partial charge is 0.756 e. The predicted octanol–water partition coefficient (Wildman–Crippen LogP) is 14.2. The first-order valence-corrected chi connectivity index (χ1v) is 27.1. The Bertz CT molecular complexity index is 1030. The Kier molecular flexibility index (Phi) is 42.5. The predicted molar refractivity (Wildman–Crippen MR) is 256 cm³/mol. The second kappa shape index (κ2) is 43.2. The summed E-state index contributed by atoms with van der Waals surface area (Å²) in [5.41, 5.74) is 0. The molecule has 0 rings (SSSR count). The number of carbonyl (C=O) groups excluding carboxylic acids is 1. The van der Waals surface area contributed by atoms with Crippen molar-refractivity contribution >= 4 is 13.7 Å². The third-order valence-corrected chi connectivity index (χ3v) is 12.7. The Morgan fingerprint density at radius 3 is 1.42 bits per heavy atom. The van der Waals surface area contributed by atoms with Gasteiger partial charge in [-0.3, -0.25) is 9.36 Å². The first-order chi connectivity index (χ1) is 29.0. The average Bonchev–Trinajstić information content (AvgIpc) is 3.20. The molecule has 60 heavy (non-hydrogen) atoms. The van der Waals surface area contributed by atoms with Gasteiger partial charge in [0.2, 0.25) is 5.91 Å². The van der Waals surface area contributed by atoms with Crippen molar-refractivity contribution in [2.24, 2.45) is 0 Å². The summed E-state index contributed by atoms with van der Waals surface area (Å²) in [5, 5.41) is 14.0. The van der Waals surface area contributed by atoms with Gasteiger partial charge in [-0.25, -0.2) is 0 Å².